The third-order valence-electron chi connectivity index (χ3n) is 4.08. The number of hydrogen-bond donors (Lipinski definition) is 2. The van der Waals surface area contributed by atoms with E-state index in [1.165, 1.54) is 48.9 Å². The summed E-state index contributed by atoms with van der Waals surface area (Å²) >= 11 is 0. The van der Waals surface area contributed by atoms with E-state index in [1.807, 2.05) is 0 Å². The Labute approximate surface area is 122 Å². The molecule has 0 saturated heterocycles. The van der Waals surface area contributed by atoms with Gasteiger partial charge in [0.1, 0.15) is 0 Å². The van der Waals surface area contributed by atoms with Gasteiger partial charge in [0.05, 0.1) is 6.04 Å². The number of hydrogen-bond acceptors (Lipinski definition) is 3. The van der Waals surface area contributed by atoms with Crippen LogP contribution in [0.25, 0.3) is 0 Å². The highest BCUT2D eigenvalue weighted by Crippen LogP contribution is 2.29. The van der Waals surface area contributed by atoms with Crippen LogP contribution >= 0.6 is 0 Å². The second kappa shape index (κ2) is 7.46. The molecule has 0 radical (unpaired) electrons. The molecule has 0 spiro atoms. The molecule has 1 aliphatic rings. The molecule has 0 fully saturated rings. The SMILES string of the molecule is CN(C)c1cccc(C(NN)/C2=C/CCCCCC2)c1. The molecule has 0 bridgehead atoms. The Bertz CT molecular complexity index is 451. The van der Waals surface area contributed by atoms with Gasteiger partial charge in [-0.3, -0.25) is 5.84 Å². The number of nitrogens with two attached hydrogens (primary N) is 1. The molecule has 0 heterocycles. The number of hydrazine groups is 1. The smallest absolute Gasteiger partial charge is 0.0670 e. The summed E-state index contributed by atoms with van der Waals surface area (Å²) < 4.78 is 0. The number of nitrogens with zero attached hydrogens (tertiary/aromatic N) is 1. The number of allylic oxidation sites excluding steroid dienone is 1. The molecule has 1 unspecified atom stereocenters. The molecule has 110 valence electrons. The number of rotatable bonds is 4. The second-order valence-electron chi connectivity index (χ2n) is 5.82. The molecular formula is C17H27N3. The van der Waals surface area contributed by atoms with Crippen LogP contribution in [-0.4, -0.2) is 14.1 Å². The molecule has 2 rings (SSSR count). The van der Waals surface area contributed by atoms with E-state index < -0.39 is 0 Å². The lowest BCUT2D eigenvalue weighted by Gasteiger charge is -2.23. The highest BCUT2D eigenvalue weighted by molar-refractivity contribution is 5.49. The van der Waals surface area contributed by atoms with E-state index in [-0.39, 0.29) is 6.04 Å². The van der Waals surface area contributed by atoms with E-state index in [2.05, 4.69) is 54.8 Å². The van der Waals surface area contributed by atoms with Gasteiger partial charge in [-0.1, -0.05) is 36.6 Å². The molecule has 0 aromatic heterocycles. The summed E-state index contributed by atoms with van der Waals surface area (Å²) in [5.41, 5.74) is 6.93. The van der Waals surface area contributed by atoms with Gasteiger partial charge in [0.25, 0.3) is 0 Å². The minimum absolute atomic E-state index is 0.146. The van der Waals surface area contributed by atoms with E-state index in [0.717, 1.165) is 6.42 Å². The van der Waals surface area contributed by atoms with Crippen LogP contribution in [0.2, 0.25) is 0 Å². The number of benzene rings is 1. The zero-order chi connectivity index (χ0) is 14.4. The molecule has 0 aliphatic heterocycles. The highest BCUT2D eigenvalue weighted by Gasteiger charge is 2.16. The second-order valence-corrected chi connectivity index (χ2v) is 5.82. The molecule has 0 amide bonds. The van der Waals surface area contributed by atoms with Crippen LogP contribution in [0.3, 0.4) is 0 Å². The van der Waals surface area contributed by atoms with Crippen LogP contribution in [-0.2, 0) is 0 Å². The van der Waals surface area contributed by atoms with Gasteiger partial charge in [-0.25, -0.2) is 5.43 Å². The summed E-state index contributed by atoms with van der Waals surface area (Å²) in [6.45, 7) is 0. The molecule has 20 heavy (non-hydrogen) atoms. The minimum Gasteiger partial charge on any atom is -0.378 e. The van der Waals surface area contributed by atoms with Crippen LogP contribution in [0.4, 0.5) is 5.69 Å². The summed E-state index contributed by atoms with van der Waals surface area (Å²) in [4.78, 5) is 2.13. The fraction of sp³-hybridized carbons (Fsp3) is 0.529. The Morgan fingerprint density at radius 1 is 1.15 bits per heavy atom. The van der Waals surface area contributed by atoms with Crippen LogP contribution in [0.15, 0.2) is 35.9 Å². The van der Waals surface area contributed by atoms with Gasteiger partial charge < -0.3 is 4.90 Å². The summed E-state index contributed by atoms with van der Waals surface area (Å²) in [5, 5.41) is 0. The first-order chi connectivity index (χ1) is 9.72. The maximum atomic E-state index is 5.85. The Morgan fingerprint density at radius 2 is 1.95 bits per heavy atom. The molecule has 1 aromatic carbocycles. The van der Waals surface area contributed by atoms with Crippen molar-refractivity contribution in [2.24, 2.45) is 5.84 Å². The van der Waals surface area contributed by atoms with Crippen molar-refractivity contribution < 1.29 is 0 Å². The summed E-state index contributed by atoms with van der Waals surface area (Å²) in [7, 11) is 4.14. The van der Waals surface area contributed by atoms with Crippen LogP contribution in [0.5, 0.6) is 0 Å². The largest absolute Gasteiger partial charge is 0.378 e. The summed E-state index contributed by atoms with van der Waals surface area (Å²) in [6.07, 6.45) is 10.0. The van der Waals surface area contributed by atoms with E-state index in [1.54, 1.807) is 0 Å². The molecule has 1 aliphatic carbocycles. The highest BCUT2D eigenvalue weighted by atomic mass is 15.2. The average molecular weight is 273 g/mol. The van der Waals surface area contributed by atoms with Gasteiger partial charge in [-0.05, 0) is 43.4 Å². The van der Waals surface area contributed by atoms with Crippen molar-refractivity contribution in [3.8, 4) is 0 Å². The Kier molecular flexibility index (Phi) is 5.62. The van der Waals surface area contributed by atoms with Crippen molar-refractivity contribution in [3.05, 3.63) is 41.5 Å². The van der Waals surface area contributed by atoms with Crippen LogP contribution < -0.4 is 16.2 Å². The topological polar surface area (TPSA) is 41.3 Å². The predicted molar refractivity (Wildman–Crippen MR) is 86.6 cm³/mol. The third kappa shape index (κ3) is 3.84. The monoisotopic (exact) mass is 273 g/mol. The standard InChI is InChI=1S/C17H27N3/c1-20(2)16-12-8-11-15(13-16)17(19-18)14-9-6-4-3-5-7-10-14/h8-9,11-13,17,19H,3-7,10,18H2,1-2H3/b14-9+. The third-order valence-corrected chi connectivity index (χ3v) is 4.08. The molecule has 1 aromatic rings. The van der Waals surface area contributed by atoms with E-state index in [9.17, 15) is 0 Å². The van der Waals surface area contributed by atoms with Gasteiger partial charge in [0, 0.05) is 19.8 Å². The Hall–Kier alpha value is -1.32. The van der Waals surface area contributed by atoms with Crippen LogP contribution in [0, 0.1) is 0 Å². The maximum absolute atomic E-state index is 5.85. The average Bonchev–Trinajstić information content (AvgIpc) is 2.42. The van der Waals surface area contributed by atoms with Gasteiger partial charge >= 0.3 is 0 Å². The molecule has 3 heteroatoms. The minimum atomic E-state index is 0.146. The number of anilines is 1. The fourth-order valence-electron chi connectivity index (χ4n) is 2.88. The van der Waals surface area contributed by atoms with Crippen LogP contribution in [0.1, 0.15) is 50.1 Å². The molecular weight excluding hydrogens is 246 g/mol. The maximum Gasteiger partial charge on any atom is 0.0670 e. The fourth-order valence-corrected chi connectivity index (χ4v) is 2.88. The van der Waals surface area contributed by atoms with E-state index in [0.29, 0.717) is 0 Å². The predicted octanol–water partition coefficient (Wildman–Crippen LogP) is 3.54. The zero-order valence-corrected chi connectivity index (χ0v) is 12.7. The van der Waals surface area contributed by atoms with E-state index in [4.69, 9.17) is 5.84 Å². The van der Waals surface area contributed by atoms with Crippen molar-refractivity contribution in [1.29, 1.82) is 0 Å². The first kappa shape index (κ1) is 15.1. The lowest BCUT2D eigenvalue weighted by atomic mass is 9.91. The summed E-state index contributed by atoms with van der Waals surface area (Å²) in [6, 6.07) is 8.77. The molecule has 3 nitrogen and oxygen atoms in total. The number of nitrogens with one attached hydrogen (secondary N) is 1. The molecule has 3 N–H and O–H groups in total. The Balaban J connectivity index is 2.24. The van der Waals surface area contributed by atoms with Crippen molar-refractivity contribution in [2.75, 3.05) is 19.0 Å². The lowest BCUT2D eigenvalue weighted by molar-refractivity contribution is 0.555. The molecule has 1 atom stereocenters. The van der Waals surface area contributed by atoms with Crippen molar-refractivity contribution in [2.45, 2.75) is 44.6 Å². The van der Waals surface area contributed by atoms with E-state index >= 15 is 0 Å². The normalized spacial score (nSPS) is 20.4. The van der Waals surface area contributed by atoms with Gasteiger partial charge in [-0.15, -0.1) is 0 Å². The van der Waals surface area contributed by atoms with Crippen molar-refractivity contribution in [1.82, 2.24) is 5.43 Å². The molecule has 0 saturated carbocycles. The van der Waals surface area contributed by atoms with Gasteiger partial charge in [0.15, 0.2) is 0 Å². The first-order valence-corrected chi connectivity index (χ1v) is 7.64. The first-order valence-electron chi connectivity index (χ1n) is 7.64. The van der Waals surface area contributed by atoms with Gasteiger partial charge in [0.2, 0.25) is 0 Å². The van der Waals surface area contributed by atoms with Crippen molar-refractivity contribution in [3.63, 3.8) is 0 Å². The van der Waals surface area contributed by atoms with Crippen molar-refractivity contribution >= 4 is 5.69 Å². The van der Waals surface area contributed by atoms with Gasteiger partial charge in [-0.2, -0.15) is 0 Å². The lowest BCUT2D eigenvalue weighted by Crippen LogP contribution is -2.30. The quantitative estimate of drug-likeness (QED) is 0.501. The summed E-state index contributed by atoms with van der Waals surface area (Å²) in [5.74, 6) is 5.85. The Morgan fingerprint density at radius 3 is 2.70 bits per heavy atom. The zero-order valence-electron chi connectivity index (χ0n) is 12.7.